The first-order chi connectivity index (χ1) is 7.13. The van der Waals surface area contributed by atoms with Crippen molar-refractivity contribution >= 4 is 6.16 Å². The molecule has 1 aromatic rings. The number of carbonyl (C=O) groups is 1. The van der Waals surface area contributed by atoms with Gasteiger partial charge in [0, 0.05) is 6.42 Å². The van der Waals surface area contributed by atoms with Crippen molar-refractivity contribution in [1.82, 2.24) is 0 Å². The number of hydrogen-bond acceptors (Lipinski definition) is 2. The molecule has 1 heterocycles. The van der Waals surface area contributed by atoms with E-state index in [0.717, 1.165) is 18.6 Å². The second kappa shape index (κ2) is 5.24. The molecular weight excluding hydrogens is 196 g/mol. The summed E-state index contributed by atoms with van der Waals surface area (Å²) in [4.78, 5) is 8.56. The Balaban J connectivity index is 0.000000245. The Hall–Kier alpha value is -1.71. The number of carboxylic acid groups (broad SMARTS) is 2. The molecule has 4 heteroatoms. The number of para-hydroxylation sites is 1. The zero-order valence-electron chi connectivity index (χ0n) is 8.51. The Morgan fingerprint density at radius 2 is 2.07 bits per heavy atom. The number of hydrogen-bond donors (Lipinski definition) is 2. The van der Waals surface area contributed by atoms with Crippen molar-refractivity contribution < 1.29 is 19.7 Å². The van der Waals surface area contributed by atoms with Crippen molar-refractivity contribution in [2.24, 2.45) is 0 Å². The first-order valence-corrected chi connectivity index (χ1v) is 4.80. The van der Waals surface area contributed by atoms with Crippen LogP contribution in [0.1, 0.15) is 18.9 Å². The molecular formula is C11H14O4. The summed E-state index contributed by atoms with van der Waals surface area (Å²) < 4.78 is 5.66. The van der Waals surface area contributed by atoms with Crippen molar-refractivity contribution in [2.75, 3.05) is 0 Å². The van der Waals surface area contributed by atoms with Crippen LogP contribution in [-0.4, -0.2) is 22.5 Å². The number of ether oxygens (including phenoxy) is 1. The van der Waals surface area contributed by atoms with Crippen LogP contribution in [0.3, 0.4) is 0 Å². The summed E-state index contributed by atoms with van der Waals surface area (Å²) in [6.45, 7) is 2.16. The van der Waals surface area contributed by atoms with E-state index in [4.69, 9.17) is 19.7 Å². The van der Waals surface area contributed by atoms with Gasteiger partial charge in [-0.2, -0.15) is 0 Å². The quantitative estimate of drug-likeness (QED) is 0.747. The first-order valence-electron chi connectivity index (χ1n) is 4.80. The molecule has 0 fully saturated rings. The standard InChI is InChI=1S/C10H12O.CH2O3/c1-2-9-7-8-5-3-4-6-10(8)11-9;2-1(3)4/h3-6,9H,2,7H2,1H3;(H2,2,3,4). The summed E-state index contributed by atoms with van der Waals surface area (Å²) in [6.07, 6.45) is 0.786. The molecule has 0 aliphatic carbocycles. The van der Waals surface area contributed by atoms with Gasteiger partial charge in [0.15, 0.2) is 0 Å². The van der Waals surface area contributed by atoms with Crippen molar-refractivity contribution in [3.63, 3.8) is 0 Å². The summed E-state index contributed by atoms with van der Waals surface area (Å²) in [5.41, 5.74) is 1.36. The molecule has 0 amide bonds. The minimum absolute atomic E-state index is 0.424. The Bertz CT molecular complexity index is 306. The van der Waals surface area contributed by atoms with Crippen LogP contribution < -0.4 is 4.74 Å². The van der Waals surface area contributed by atoms with E-state index < -0.39 is 6.16 Å². The molecule has 1 aromatic carbocycles. The van der Waals surface area contributed by atoms with E-state index >= 15 is 0 Å². The Morgan fingerprint density at radius 1 is 1.47 bits per heavy atom. The van der Waals surface area contributed by atoms with Gasteiger partial charge in [-0.3, -0.25) is 0 Å². The maximum absolute atomic E-state index is 8.56. The van der Waals surface area contributed by atoms with Crippen LogP contribution in [0.15, 0.2) is 24.3 Å². The lowest BCUT2D eigenvalue weighted by atomic mass is 10.1. The van der Waals surface area contributed by atoms with Gasteiger partial charge >= 0.3 is 6.16 Å². The topological polar surface area (TPSA) is 66.8 Å². The monoisotopic (exact) mass is 210 g/mol. The smallest absolute Gasteiger partial charge is 0.490 e. The van der Waals surface area contributed by atoms with Gasteiger partial charge in [-0.15, -0.1) is 0 Å². The van der Waals surface area contributed by atoms with Crippen LogP contribution in [-0.2, 0) is 6.42 Å². The Kier molecular flexibility index (Phi) is 3.97. The van der Waals surface area contributed by atoms with Gasteiger partial charge in [-0.05, 0) is 18.1 Å². The fourth-order valence-corrected chi connectivity index (χ4v) is 1.48. The predicted octanol–water partition coefficient (Wildman–Crippen LogP) is 2.62. The molecule has 1 aliphatic heterocycles. The van der Waals surface area contributed by atoms with Crippen molar-refractivity contribution in [3.8, 4) is 5.75 Å². The van der Waals surface area contributed by atoms with Crippen LogP contribution in [0, 0.1) is 0 Å². The zero-order chi connectivity index (χ0) is 11.3. The number of rotatable bonds is 1. The van der Waals surface area contributed by atoms with E-state index in [9.17, 15) is 0 Å². The minimum Gasteiger partial charge on any atom is -0.490 e. The lowest BCUT2D eigenvalue weighted by molar-refractivity contribution is 0.137. The zero-order valence-corrected chi connectivity index (χ0v) is 8.51. The maximum atomic E-state index is 8.56. The maximum Gasteiger partial charge on any atom is 0.503 e. The van der Waals surface area contributed by atoms with Crippen molar-refractivity contribution in [3.05, 3.63) is 29.8 Å². The molecule has 1 aliphatic rings. The summed E-state index contributed by atoms with van der Waals surface area (Å²) in [5, 5.41) is 13.9. The molecule has 0 radical (unpaired) electrons. The third-order valence-corrected chi connectivity index (χ3v) is 2.17. The average Bonchev–Trinajstić information content (AvgIpc) is 2.59. The summed E-state index contributed by atoms with van der Waals surface area (Å²) >= 11 is 0. The van der Waals surface area contributed by atoms with E-state index in [1.807, 2.05) is 12.1 Å². The van der Waals surface area contributed by atoms with E-state index in [-0.39, 0.29) is 0 Å². The fourth-order valence-electron chi connectivity index (χ4n) is 1.48. The summed E-state index contributed by atoms with van der Waals surface area (Å²) in [6, 6.07) is 8.28. The largest absolute Gasteiger partial charge is 0.503 e. The normalized spacial score (nSPS) is 17.0. The highest BCUT2D eigenvalue weighted by Gasteiger charge is 2.19. The first kappa shape index (κ1) is 11.4. The molecule has 0 saturated carbocycles. The SMILES string of the molecule is CCC1Cc2ccccc2O1.O=C(O)O. The summed E-state index contributed by atoms with van der Waals surface area (Å²) in [5.74, 6) is 1.08. The van der Waals surface area contributed by atoms with Crippen LogP contribution in [0.25, 0.3) is 0 Å². The minimum atomic E-state index is -1.83. The molecule has 0 aromatic heterocycles. The highest BCUT2D eigenvalue weighted by Crippen LogP contribution is 2.28. The van der Waals surface area contributed by atoms with Crippen LogP contribution in [0.5, 0.6) is 5.75 Å². The third-order valence-electron chi connectivity index (χ3n) is 2.17. The molecule has 15 heavy (non-hydrogen) atoms. The molecule has 4 nitrogen and oxygen atoms in total. The molecule has 2 rings (SSSR count). The fraction of sp³-hybridized carbons (Fsp3) is 0.364. The molecule has 1 atom stereocenters. The van der Waals surface area contributed by atoms with Gasteiger partial charge in [-0.1, -0.05) is 25.1 Å². The van der Waals surface area contributed by atoms with Gasteiger partial charge < -0.3 is 14.9 Å². The average molecular weight is 210 g/mol. The van der Waals surface area contributed by atoms with Gasteiger partial charge in [0.05, 0.1) is 0 Å². The highest BCUT2D eigenvalue weighted by atomic mass is 16.6. The Morgan fingerprint density at radius 3 is 2.60 bits per heavy atom. The second-order valence-electron chi connectivity index (χ2n) is 3.24. The molecule has 82 valence electrons. The predicted molar refractivity (Wildman–Crippen MR) is 55.5 cm³/mol. The van der Waals surface area contributed by atoms with Gasteiger partial charge in [0.2, 0.25) is 0 Å². The lowest BCUT2D eigenvalue weighted by Crippen LogP contribution is -2.10. The molecule has 0 bridgehead atoms. The van der Waals surface area contributed by atoms with E-state index in [1.165, 1.54) is 5.56 Å². The number of benzene rings is 1. The van der Waals surface area contributed by atoms with Crippen LogP contribution in [0.2, 0.25) is 0 Å². The lowest BCUT2D eigenvalue weighted by Gasteiger charge is -2.05. The van der Waals surface area contributed by atoms with Gasteiger partial charge in [-0.25, -0.2) is 4.79 Å². The number of fused-ring (bicyclic) bond motifs is 1. The van der Waals surface area contributed by atoms with Crippen LogP contribution in [0.4, 0.5) is 4.79 Å². The van der Waals surface area contributed by atoms with E-state index in [0.29, 0.717) is 6.10 Å². The Labute approximate surface area is 88.1 Å². The highest BCUT2D eigenvalue weighted by molar-refractivity contribution is 5.53. The molecule has 0 saturated heterocycles. The van der Waals surface area contributed by atoms with E-state index in [1.54, 1.807) is 0 Å². The molecule has 0 spiro atoms. The molecule has 2 N–H and O–H groups in total. The van der Waals surface area contributed by atoms with Gasteiger partial charge in [0.1, 0.15) is 11.9 Å². The summed E-state index contributed by atoms with van der Waals surface area (Å²) in [7, 11) is 0. The van der Waals surface area contributed by atoms with Crippen LogP contribution >= 0.6 is 0 Å². The molecule has 1 unspecified atom stereocenters. The second-order valence-corrected chi connectivity index (χ2v) is 3.24. The van der Waals surface area contributed by atoms with Gasteiger partial charge in [0.25, 0.3) is 0 Å². The van der Waals surface area contributed by atoms with E-state index in [2.05, 4.69) is 19.1 Å². The third kappa shape index (κ3) is 3.50. The van der Waals surface area contributed by atoms with Crippen molar-refractivity contribution in [1.29, 1.82) is 0 Å². The van der Waals surface area contributed by atoms with Crippen molar-refractivity contribution in [2.45, 2.75) is 25.9 Å².